The standard InChI is InChI=1S/C3H9N.H3N.S/c1-4(2)3;;/h1-3H3;1H3;/q;;-2/p+1. The van der Waals surface area contributed by atoms with E-state index in [1.54, 1.807) is 0 Å². The molecular weight excluding hydrogens is 96.1 g/mol. The topological polar surface area (TPSA) is 38.2 Å². The molecule has 0 amide bonds. The molecule has 0 aromatic carbocycles. The van der Waals surface area contributed by atoms with E-state index in [0.717, 1.165) is 0 Å². The van der Waals surface area contributed by atoms with Crippen LogP contribution in [0.5, 0.6) is 0 Å². The van der Waals surface area contributed by atoms with Crippen molar-refractivity contribution in [2.75, 3.05) is 21.1 Å². The first kappa shape index (κ1) is 16.3. The Morgan fingerprint density at radius 3 is 1.17 bits per heavy atom. The Bertz CT molecular complexity index is 17.7. The normalized spacial score (nSPS) is 6.00. The second-order valence-electron chi connectivity index (χ2n) is 1.34. The molecule has 0 heterocycles. The van der Waals surface area contributed by atoms with E-state index in [1.807, 2.05) is 26.0 Å². The summed E-state index contributed by atoms with van der Waals surface area (Å²) in [6, 6.07) is 0. The van der Waals surface area contributed by atoms with Crippen molar-refractivity contribution in [2.45, 2.75) is 0 Å². The van der Waals surface area contributed by atoms with E-state index in [9.17, 15) is 0 Å². The predicted octanol–water partition coefficient (Wildman–Crippen LogP) is 0.450. The monoisotopic (exact) mass is 109 g/mol. The lowest BCUT2D eigenvalue weighted by molar-refractivity contribution is 0.505. The van der Waals surface area contributed by atoms with Gasteiger partial charge in [0.2, 0.25) is 0 Å². The Labute approximate surface area is 48.0 Å². The van der Waals surface area contributed by atoms with Crippen LogP contribution in [-0.2, 0) is 13.5 Å². The third-order valence-corrected chi connectivity index (χ3v) is 0. The summed E-state index contributed by atoms with van der Waals surface area (Å²) in [5.74, 6) is 0. The lowest BCUT2D eigenvalue weighted by Crippen LogP contribution is -1.99. The van der Waals surface area contributed by atoms with Crippen molar-refractivity contribution in [3.05, 3.63) is 0 Å². The highest BCUT2D eigenvalue weighted by Crippen LogP contribution is 1.47. The molecule has 0 aromatic rings. The van der Waals surface area contributed by atoms with Gasteiger partial charge in [-0.1, -0.05) is 0 Å². The molecule has 0 aliphatic carbocycles. The van der Waals surface area contributed by atoms with E-state index < -0.39 is 0 Å². The van der Waals surface area contributed by atoms with E-state index >= 15 is 0 Å². The highest BCUT2D eigenvalue weighted by Gasteiger charge is 1.58. The SMILES string of the molecule is CN(C)C.N.[H+].[S-2]. The van der Waals surface area contributed by atoms with Crippen LogP contribution < -0.4 is 6.15 Å². The molecule has 3 N–H and O–H groups in total. The molecule has 0 spiro atoms. The van der Waals surface area contributed by atoms with Gasteiger partial charge in [-0.3, -0.25) is 0 Å². The van der Waals surface area contributed by atoms with Gasteiger partial charge in [-0.05, 0) is 21.1 Å². The molecule has 42 valence electrons. The molecule has 0 aliphatic heterocycles. The fraction of sp³-hybridized carbons (Fsp3) is 1.00. The Morgan fingerprint density at radius 1 is 1.17 bits per heavy atom. The highest BCUT2D eigenvalue weighted by atomic mass is 32.1. The van der Waals surface area contributed by atoms with Crippen LogP contribution >= 0.6 is 0 Å². The van der Waals surface area contributed by atoms with Gasteiger partial charge >= 0.3 is 1.43 Å². The summed E-state index contributed by atoms with van der Waals surface area (Å²) < 4.78 is 0. The third kappa shape index (κ3) is 626. The van der Waals surface area contributed by atoms with Crippen molar-refractivity contribution >= 4 is 13.5 Å². The van der Waals surface area contributed by atoms with Crippen molar-refractivity contribution in [1.82, 2.24) is 11.1 Å². The van der Waals surface area contributed by atoms with Crippen LogP contribution in [0.25, 0.3) is 0 Å². The summed E-state index contributed by atoms with van der Waals surface area (Å²) in [5, 5.41) is 0. The second kappa shape index (κ2) is 8.99. The summed E-state index contributed by atoms with van der Waals surface area (Å²) in [6.07, 6.45) is 0. The third-order valence-electron chi connectivity index (χ3n) is 0. The van der Waals surface area contributed by atoms with Gasteiger partial charge in [-0.25, -0.2) is 0 Å². The lowest BCUT2D eigenvalue weighted by Gasteiger charge is -2.00. The van der Waals surface area contributed by atoms with Gasteiger partial charge in [0, 0.05) is 0 Å². The van der Waals surface area contributed by atoms with Gasteiger partial charge in [-0.15, -0.1) is 0 Å². The molecule has 2 nitrogen and oxygen atoms in total. The highest BCUT2D eigenvalue weighted by molar-refractivity contribution is 7.37. The summed E-state index contributed by atoms with van der Waals surface area (Å²) in [5.41, 5.74) is 0. The second-order valence-corrected chi connectivity index (χ2v) is 1.34. The predicted molar refractivity (Wildman–Crippen MR) is 33.1 cm³/mol. The van der Waals surface area contributed by atoms with Crippen LogP contribution in [0, 0.1) is 0 Å². The maximum absolute atomic E-state index is 2.00. The number of hydrogen-bond donors (Lipinski definition) is 1. The van der Waals surface area contributed by atoms with Crippen LogP contribution in [0.15, 0.2) is 0 Å². The van der Waals surface area contributed by atoms with Gasteiger partial charge in [0.15, 0.2) is 0 Å². The molecule has 0 radical (unpaired) electrons. The maximum Gasteiger partial charge on any atom is 1.00 e. The van der Waals surface area contributed by atoms with Crippen LogP contribution in [-0.4, -0.2) is 26.0 Å². The zero-order valence-corrected chi connectivity index (χ0v) is 5.38. The molecule has 0 aliphatic rings. The maximum atomic E-state index is 2.00. The van der Waals surface area contributed by atoms with Gasteiger partial charge in [-0.2, -0.15) is 0 Å². The van der Waals surface area contributed by atoms with Crippen LogP contribution in [0.3, 0.4) is 0 Å². The molecule has 0 rings (SSSR count). The average molecular weight is 109 g/mol. The van der Waals surface area contributed by atoms with E-state index in [2.05, 4.69) is 0 Å². The van der Waals surface area contributed by atoms with Gasteiger partial charge in [0.25, 0.3) is 0 Å². The molecule has 0 aromatic heterocycles. The fourth-order valence-electron chi connectivity index (χ4n) is 0. The molecule has 0 saturated carbocycles. The summed E-state index contributed by atoms with van der Waals surface area (Å²) in [4.78, 5) is 2.00. The zero-order chi connectivity index (χ0) is 3.58. The van der Waals surface area contributed by atoms with E-state index in [0.29, 0.717) is 0 Å². The fourth-order valence-corrected chi connectivity index (χ4v) is 0. The molecule has 3 heteroatoms. The first-order valence-electron chi connectivity index (χ1n) is 1.34. The Kier molecular flexibility index (Phi) is 24.4. The number of nitrogens with zero attached hydrogens (tertiary/aromatic N) is 1. The van der Waals surface area contributed by atoms with Crippen molar-refractivity contribution in [3.8, 4) is 0 Å². The molecular formula is C3H13N2S-. The smallest absolute Gasteiger partial charge is 1.00 e. The van der Waals surface area contributed by atoms with E-state index in [1.165, 1.54) is 0 Å². The lowest BCUT2D eigenvalue weighted by atomic mass is 11.0. The molecule has 0 atom stereocenters. The van der Waals surface area contributed by atoms with Crippen LogP contribution in [0.2, 0.25) is 0 Å². The zero-order valence-electron chi connectivity index (χ0n) is 5.56. The molecule has 0 fully saturated rings. The minimum absolute atomic E-state index is 0. The summed E-state index contributed by atoms with van der Waals surface area (Å²) in [6.45, 7) is 0. The average Bonchev–Trinajstić information content (AvgIpc) is 0.811. The quantitative estimate of drug-likeness (QED) is 0.490. The van der Waals surface area contributed by atoms with Crippen molar-refractivity contribution in [2.24, 2.45) is 0 Å². The Hall–Kier alpha value is 0.270. The van der Waals surface area contributed by atoms with Crippen LogP contribution in [0.1, 0.15) is 1.43 Å². The van der Waals surface area contributed by atoms with Gasteiger partial charge in [0.1, 0.15) is 0 Å². The Balaban J connectivity index is -0.0000000150. The first-order valence-corrected chi connectivity index (χ1v) is 1.34. The van der Waals surface area contributed by atoms with Crippen LogP contribution in [0.4, 0.5) is 0 Å². The number of rotatable bonds is 0. The number of hydrogen-bond acceptors (Lipinski definition) is 2. The van der Waals surface area contributed by atoms with Crippen molar-refractivity contribution < 1.29 is 1.43 Å². The minimum atomic E-state index is 0. The molecule has 0 saturated heterocycles. The molecule has 6 heavy (non-hydrogen) atoms. The van der Waals surface area contributed by atoms with Gasteiger partial charge < -0.3 is 24.5 Å². The summed E-state index contributed by atoms with van der Waals surface area (Å²) in [7, 11) is 6.00. The Morgan fingerprint density at radius 2 is 1.17 bits per heavy atom. The van der Waals surface area contributed by atoms with Crippen molar-refractivity contribution in [1.29, 1.82) is 0 Å². The van der Waals surface area contributed by atoms with Crippen molar-refractivity contribution in [3.63, 3.8) is 0 Å². The summed E-state index contributed by atoms with van der Waals surface area (Å²) >= 11 is 0. The molecule has 0 bridgehead atoms. The van der Waals surface area contributed by atoms with E-state index in [-0.39, 0.29) is 21.1 Å². The van der Waals surface area contributed by atoms with E-state index in [4.69, 9.17) is 0 Å². The minimum Gasteiger partial charge on any atom is -2.00 e. The largest absolute Gasteiger partial charge is 2.00 e. The van der Waals surface area contributed by atoms with Gasteiger partial charge in [0.05, 0.1) is 0 Å². The molecule has 0 unspecified atom stereocenters. The first-order chi connectivity index (χ1) is 1.73.